The van der Waals surface area contributed by atoms with Gasteiger partial charge in [-0.05, 0) is 70.6 Å². The fourth-order valence-electron chi connectivity index (χ4n) is 13.2. The van der Waals surface area contributed by atoms with Crippen molar-refractivity contribution in [2.45, 2.75) is 252 Å². The number of oxime groups is 1. The second-order valence-electron chi connectivity index (χ2n) is 24.6. The van der Waals surface area contributed by atoms with Gasteiger partial charge in [-0.25, -0.2) is 4.79 Å². The van der Waals surface area contributed by atoms with Crippen LogP contribution >= 0.6 is 11.6 Å². The van der Waals surface area contributed by atoms with Gasteiger partial charge in [-0.3, -0.25) is 28.8 Å². The third kappa shape index (κ3) is 16.7. The quantitative estimate of drug-likeness (QED) is 0.0554. The maximum absolute atomic E-state index is 15.8. The average molecular weight is 1220 g/mol. The predicted molar refractivity (Wildman–Crippen MR) is 297 cm³/mol. The van der Waals surface area contributed by atoms with Crippen LogP contribution in [0.2, 0.25) is 0 Å². The zero-order valence-corrected chi connectivity index (χ0v) is 53.4. The monoisotopic (exact) mass is 1220 g/mol. The smallest absolute Gasteiger partial charge is 0.462 e. The molecule has 0 aromatic heterocycles. The summed E-state index contributed by atoms with van der Waals surface area (Å²) in [6, 6.07) is 0. The van der Waals surface area contributed by atoms with Crippen molar-refractivity contribution in [2.75, 3.05) is 27.9 Å². The van der Waals surface area contributed by atoms with Crippen molar-refractivity contribution < 1.29 is 109 Å². The van der Waals surface area contributed by atoms with Crippen molar-refractivity contribution in [1.82, 2.24) is 0 Å². The molecular formula is C59H94ClNO23. The molecule has 5 rings (SSSR count). The summed E-state index contributed by atoms with van der Waals surface area (Å²) in [4.78, 5) is 99.3. The summed E-state index contributed by atoms with van der Waals surface area (Å²) in [7, 11) is 4.26. The number of alkyl halides is 1. The first-order valence-electron chi connectivity index (χ1n) is 29.2. The molecule has 0 spiro atoms. The molecule has 4 saturated heterocycles. The van der Waals surface area contributed by atoms with Gasteiger partial charge in [0.05, 0.1) is 43.0 Å². The SMILES string of the molecule is CO/N=C1\C[C@@H](C)O[C@@H](O[C@@H]2[C@@H](C)[C@H](O[C@H]3C[C@@](C)(OC(C)=O)[C@@H](OC(C)=O)[C@H](C)O3)[C@@H](C)C(=O)C[C@H]([C@@H](C)CO[C@@H]3O[C@H](C)[C@@H](OC(C)=O)[C@@H](OC)[C@H]3OC)[C@H](C)[C@@H](OC(=O)CC(C)C)[C@@H](C)[C@@]3(Cl)OC(=O)O[C@@]3(C)C[C@@H]2C)[C@@H]1OC(C)=O. The summed E-state index contributed by atoms with van der Waals surface area (Å²) < 4.78 is 93.7. The van der Waals surface area contributed by atoms with E-state index in [9.17, 15) is 28.8 Å². The zero-order valence-electron chi connectivity index (χ0n) is 52.7. The minimum absolute atomic E-state index is 0.0165. The minimum Gasteiger partial charge on any atom is -0.462 e. The molecule has 0 amide bonds. The summed E-state index contributed by atoms with van der Waals surface area (Å²) in [5, 5.41) is 2.15. The lowest BCUT2D eigenvalue weighted by Gasteiger charge is -2.49. The number of Topliss-reactive ketones (excluding diaryl/α,β-unsaturated/α-hetero) is 1. The maximum atomic E-state index is 15.8. The van der Waals surface area contributed by atoms with Gasteiger partial charge in [0.2, 0.25) is 11.4 Å². The first-order chi connectivity index (χ1) is 39.1. The van der Waals surface area contributed by atoms with Crippen LogP contribution in [0.25, 0.3) is 0 Å². The lowest BCUT2D eigenvalue weighted by molar-refractivity contribution is -0.306. The van der Waals surface area contributed by atoms with Crippen molar-refractivity contribution in [3.8, 4) is 0 Å². The summed E-state index contributed by atoms with van der Waals surface area (Å²) in [6.45, 7) is 27.8. The summed E-state index contributed by atoms with van der Waals surface area (Å²) in [5.41, 5.74) is -2.90. The molecule has 0 N–H and O–H groups in total. The number of hydrogen-bond donors (Lipinski definition) is 0. The Hall–Kier alpha value is -4.27. The molecule has 0 unspecified atom stereocenters. The molecule has 0 aromatic rings. The summed E-state index contributed by atoms with van der Waals surface area (Å²) in [5.74, 6) is -9.27. The Balaban J connectivity index is 1.73. The Morgan fingerprint density at radius 3 is 1.87 bits per heavy atom. The van der Waals surface area contributed by atoms with Crippen LogP contribution in [-0.2, 0) is 105 Å². The lowest BCUT2D eigenvalue weighted by Crippen LogP contribution is -2.60. The number of halogens is 1. The van der Waals surface area contributed by atoms with Crippen molar-refractivity contribution >= 4 is 59.1 Å². The highest BCUT2D eigenvalue weighted by molar-refractivity contribution is 6.25. The number of ketones is 1. The highest BCUT2D eigenvalue weighted by Gasteiger charge is 2.66. The minimum atomic E-state index is -2.06. The van der Waals surface area contributed by atoms with Gasteiger partial charge >= 0.3 is 36.0 Å². The molecule has 4 heterocycles. The van der Waals surface area contributed by atoms with E-state index in [-0.39, 0.29) is 50.4 Å². The first-order valence-corrected chi connectivity index (χ1v) is 29.6. The number of methoxy groups -OCH3 is 2. The fourth-order valence-corrected chi connectivity index (χ4v) is 13.5. The van der Waals surface area contributed by atoms with Gasteiger partial charge in [-0.2, -0.15) is 0 Å². The Bertz CT molecular complexity index is 2320. The number of fused-ring (bicyclic) bond motifs is 1. The standard InChI is InChI=1S/C59H94ClNO23/c1-27(2)21-44(67)79-48-31(6)41(29(4)26-72-54-52(70-19)51(69-18)49(35(10)75-54)76-37(12)62)23-43(66)32(7)47(80-45-25-57(16,82-40(15)65)53(36(11)74-45)78-39(14)64)33(8)46(28(3)24-58(17)59(60,34(48)9)84-56(68)83-58)81-55-50(77-38(13)63)42(61-71-20)22-30(5)73-55/h27-36,41,45-55H,21-26H2,1-20H3/b61-42+/t28-,29-,30+,31-,32-,33+,34+,35+,36-,41+,45-,46-,47+,48+,49+,50+,51+,52+,53-,54+,55-,57+,58-,59+/m0/s1. The topological polar surface area (TPSA) is 280 Å². The van der Waals surface area contributed by atoms with Gasteiger partial charge in [-0.1, -0.05) is 72.1 Å². The van der Waals surface area contributed by atoms with E-state index in [0.717, 1.165) is 0 Å². The van der Waals surface area contributed by atoms with Crippen molar-refractivity contribution in [2.24, 2.45) is 52.5 Å². The predicted octanol–water partition coefficient (Wildman–Crippen LogP) is 7.55. The molecule has 5 aliphatic rings. The molecule has 0 aromatic carbocycles. The molecule has 0 bridgehead atoms. The van der Waals surface area contributed by atoms with Gasteiger partial charge in [0, 0.05) is 79.4 Å². The van der Waals surface area contributed by atoms with Crippen LogP contribution in [-0.4, -0.2) is 178 Å². The average Bonchev–Trinajstić information content (AvgIpc) is 1.62. The molecule has 1 saturated carbocycles. The highest BCUT2D eigenvalue weighted by atomic mass is 35.5. The van der Waals surface area contributed by atoms with Crippen molar-refractivity contribution in [3.05, 3.63) is 0 Å². The number of esters is 5. The molecule has 1 aliphatic carbocycles. The molecular weight excluding hydrogens is 1130 g/mol. The first kappa shape index (κ1) is 70.5. The van der Waals surface area contributed by atoms with Crippen LogP contribution < -0.4 is 0 Å². The molecule has 480 valence electrons. The van der Waals surface area contributed by atoms with Crippen LogP contribution in [0.3, 0.4) is 0 Å². The molecule has 24 nitrogen and oxygen atoms in total. The Kier molecular flexibility index (Phi) is 24.9. The van der Waals surface area contributed by atoms with Crippen molar-refractivity contribution in [3.63, 3.8) is 0 Å². The lowest BCUT2D eigenvalue weighted by atomic mass is 9.68. The van der Waals surface area contributed by atoms with Crippen molar-refractivity contribution in [1.29, 1.82) is 0 Å². The molecule has 84 heavy (non-hydrogen) atoms. The number of hydrogen-bond acceptors (Lipinski definition) is 24. The van der Waals surface area contributed by atoms with E-state index in [1.54, 1.807) is 48.5 Å². The Labute approximate surface area is 499 Å². The fraction of sp³-hybridized carbons (Fsp3) is 0.864. The van der Waals surface area contributed by atoms with Gasteiger partial charge in [0.15, 0.2) is 42.1 Å². The van der Waals surface area contributed by atoms with E-state index in [1.807, 2.05) is 41.5 Å². The second-order valence-corrected chi connectivity index (χ2v) is 25.2. The summed E-state index contributed by atoms with van der Waals surface area (Å²) in [6.07, 6.45) is -15.4. The third-order valence-electron chi connectivity index (χ3n) is 17.1. The van der Waals surface area contributed by atoms with Crippen LogP contribution in [0.1, 0.15) is 150 Å². The number of rotatable bonds is 18. The van der Waals surface area contributed by atoms with E-state index in [2.05, 4.69) is 5.16 Å². The number of ether oxygens (including phenoxy) is 15. The van der Waals surface area contributed by atoms with Crippen LogP contribution in [0, 0.1) is 47.3 Å². The molecule has 25 heteroatoms. The third-order valence-corrected chi connectivity index (χ3v) is 17.9. The van der Waals surface area contributed by atoms with Gasteiger partial charge in [0.25, 0.3) is 0 Å². The molecule has 0 radical (unpaired) electrons. The normalized spacial score (nSPS) is 41.4. The molecule has 4 aliphatic heterocycles. The molecule has 5 fully saturated rings. The maximum Gasteiger partial charge on any atom is 0.510 e. The number of carbonyl (C=O) groups is 7. The van der Waals surface area contributed by atoms with Gasteiger partial charge in [-0.15, -0.1) is 0 Å². The van der Waals surface area contributed by atoms with E-state index in [4.69, 9.17) is 87.5 Å². The Morgan fingerprint density at radius 1 is 0.667 bits per heavy atom. The van der Waals surface area contributed by atoms with Gasteiger partial charge < -0.3 is 75.9 Å². The zero-order chi connectivity index (χ0) is 63.1. The molecule has 24 atom stereocenters. The van der Waals surface area contributed by atoms with Crippen LogP contribution in [0.4, 0.5) is 4.79 Å². The van der Waals surface area contributed by atoms with E-state index >= 15 is 4.79 Å². The van der Waals surface area contributed by atoms with Crippen LogP contribution in [0.5, 0.6) is 0 Å². The van der Waals surface area contributed by atoms with Gasteiger partial charge in [0.1, 0.15) is 36.9 Å². The van der Waals surface area contributed by atoms with E-state index in [1.165, 1.54) is 49.0 Å². The number of nitrogens with zero attached hydrogens (tertiary/aromatic N) is 1. The second kappa shape index (κ2) is 29.6. The Morgan fingerprint density at radius 2 is 1.30 bits per heavy atom. The highest BCUT2D eigenvalue weighted by Crippen LogP contribution is 2.53. The van der Waals surface area contributed by atoms with E-state index in [0.29, 0.717) is 5.71 Å². The van der Waals surface area contributed by atoms with E-state index < -0.39 is 180 Å². The summed E-state index contributed by atoms with van der Waals surface area (Å²) >= 11 is 7.82. The largest absolute Gasteiger partial charge is 0.510 e. The number of carbonyl (C=O) groups excluding carboxylic acids is 7. The van der Waals surface area contributed by atoms with Crippen LogP contribution in [0.15, 0.2) is 5.16 Å².